The van der Waals surface area contributed by atoms with E-state index in [2.05, 4.69) is 43.1 Å². The van der Waals surface area contributed by atoms with Gasteiger partial charge in [-0.25, -0.2) is 0 Å². The standard InChI is InChI=1S/C18H28N2O2/c1-5-6-11-22-15-8-7-14-9-10-19-18(21)17(13(2)3)20(4)16(14)12-15/h7-8,12-13,17H,5-6,9-11H2,1-4H3,(H,19,21). The van der Waals surface area contributed by atoms with Crippen molar-refractivity contribution in [3.8, 4) is 5.75 Å². The zero-order chi connectivity index (χ0) is 16.1. The molecule has 22 heavy (non-hydrogen) atoms. The molecule has 0 spiro atoms. The average molecular weight is 304 g/mol. The third-order valence-corrected chi connectivity index (χ3v) is 4.21. The van der Waals surface area contributed by atoms with Crippen LogP contribution in [0.5, 0.6) is 5.75 Å². The summed E-state index contributed by atoms with van der Waals surface area (Å²) >= 11 is 0. The summed E-state index contributed by atoms with van der Waals surface area (Å²) in [4.78, 5) is 14.4. The molecular weight excluding hydrogens is 276 g/mol. The number of hydrogen-bond donors (Lipinski definition) is 1. The monoisotopic (exact) mass is 304 g/mol. The lowest BCUT2D eigenvalue weighted by Gasteiger charge is -2.35. The van der Waals surface area contributed by atoms with Crippen LogP contribution in [0.1, 0.15) is 39.2 Å². The SMILES string of the molecule is CCCCOc1ccc2c(c1)N(C)C(C(C)C)C(=O)NCC2. The summed E-state index contributed by atoms with van der Waals surface area (Å²) < 4.78 is 5.83. The molecule has 0 aromatic heterocycles. The predicted molar refractivity (Wildman–Crippen MR) is 90.6 cm³/mol. The molecule has 1 heterocycles. The highest BCUT2D eigenvalue weighted by molar-refractivity contribution is 5.86. The van der Waals surface area contributed by atoms with E-state index in [1.165, 1.54) is 5.56 Å². The van der Waals surface area contributed by atoms with Gasteiger partial charge >= 0.3 is 0 Å². The number of ether oxygens (including phenoxy) is 1. The summed E-state index contributed by atoms with van der Waals surface area (Å²) in [5, 5.41) is 3.03. The van der Waals surface area contributed by atoms with Crippen molar-refractivity contribution in [1.82, 2.24) is 5.32 Å². The van der Waals surface area contributed by atoms with Crippen LogP contribution in [-0.4, -0.2) is 32.1 Å². The van der Waals surface area contributed by atoms with E-state index in [9.17, 15) is 4.79 Å². The molecule has 1 amide bonds. The lowest BCUT2D eigenvalue weighted by molar-refractivity contribution is -0.123. The minimum absolute atomic E-state index is 0.112. The highest BCUT2D eigenvalue weighted by Crippen LogP contribution is 2.30. The van der Waals surface area contributed by atoms with Crippen LogP contribution in [-0.2, 0) is 11.2 Å². The second-order valence-corrected chi connectivity index (χ2v) is 6.33. The van der Waals surface area contributed by atoms with Crippen LogP contribution in [0.15, 0.2) is 18.2 Å². The molecule has 122 valence electrons. The fourth-order valence-corrected chi connectivity index (χ4v) is 3.01. The van der Waals surface area contributed by atoms with Gasteiger partial charge in [0.15, 0.2) is 0 Å². The molecule has 0 saturated carbocycles. The molecule has 0 radical (unpaired) electrons. The molecule has 1 aromatic carbocycles. The van der Waals surface area contributed by atoms with Gasteiger partial charge in [0.05, 0.1) is 6.61 Å². The highest BCUT2D eigenvalue weighted by Gasteiger charge is 2.29. The summed E-state index contributed by atoms with van der Waals surface area (Å²) in [6.07, 6.45) is 3.04. The minimum atomic E-state index is -0.148. The first kappa shape index (κ1) is 16.7. The van der Waals surface area contributed by atoms with Crippen LogP contribution in [0.3, 0.4) is 0 Å². The molecule has 1 aromatic rings. The number of unbranched alkanes of at least 4 members (excludes halogenated alkanes) is 1. The van der Waals surface area contributed by atoms with Crippen molar-refractivity contribution in [3.63, 3.8) is 0 Å². The number of carbonyl (C=O) groups excluding carboxylic acids is 1. The van der Waals surface area contributed by atoms with Crippen LogP contribution >= 0.6 is 0 Å². The Bertz CT molecular complexity index is 514. The van der Waals surface area contributed by atoms with Crippen LogP contribution in [0.4, 0.5) is 5.69 Å². The Morgan fingerprint density at radius 3 is 2.86 bits per heavy atom. The van der Waals surface area contributed by atoms with Gasteiger partial charge in [-0.15, -0.1) is 0 Å². The topological polar surface area (TPSA) is 41.6 Å². The number of hydrogen-bond acceptors (Lipinski definition) is 3. The van der Waals surface area contributed by atoms with Gasteiger partial charge in [0.1, 0.15) is 11.8 Å². The van der Waals surface area contributed by atoms with Gasteiger partial charge in [-0.05, 0) is 30.4 Å². The van der Waals surface area contributed by atoms with Gasteiger partial charge in [0, 0.05) is 25.3 Å². The van der Waals surface area contributed by atoms with Gasteiger partial charge in [0.25, 0.3) is 0 Å². The number of nitrogens with zero attached hydrogens (tertiary/aromatic N) is 1. The maximum atomic E-state index is 12.3. The number of amides is 1. The van der Waals surface area contributed by atoms with E-state index in [0.717, 1.165) is 37.3 Å². The summed E-state index contributed by atoms with van der Waals surface area (Å²) in [5.74, 6) is 1.25. The lowest BCUT2D eigenvalue weighted by atomic mass is 9.97. The molecule has 1 unspecified atom stereocenters. The van der Waals surface area contributed by atoms with Crippen LogP contribution in [0.25, 0.3) is 0 Å². The number of carbonyl (C=O) groups is 1. The third-order valence-electron chi connectivity index (χ3n) is 4.21. The molecule has 1 atom stereocenters. The van der Waals surface area contributed by atoms with Gasteiger partial charge in [-0.1, -0.05) is 33.3 Å². The largest absolute Gasteiger partial charge is 0.494 e. The van der Waals surface area contributed by atoms with Crippen molar-refractivity contribution >= 4 is 11.6 Å². The molecule has 2 rings (SSSR count). The number of fused-ring (bicyclic) bond motifs is 1. The number of rotatable bonds is 5. The number of nitrogens with one attached hydrogen (secondary N) is 1. The van der Waals surface area contributed by atoms with Gasteiger partial charge in [0.2, 0.25) is 5.91 Å². The maximum Gasteiger partial charge on any atom is 0.242 e. The first-order valence-corrected chi connectivity index (χ1v) is 8.30. The van der Waals surface area contributed by atoms with E-state index in [1.54, 1.807) is 0 Å². The van der Waals surface area contributed by atoms with Crippen molar-refractivity contribution in [1.29, 1.82) is 0 Å². The van der Waals surface area contributed by atoms with Gasteiger partial charge in [-0.2, -0.15) is 0 Å². The molecule has 0 fully saturated rings. The smallest absolute Gasteiger partial charge is 0.242 e. The summed E-state index contributed by atoms with van der Waals surface area (Å²) in [7, 11) is 2.00. The fraction of sp³-hybridized carbons (Fsp3) is 0.611. The number of anilines is 1. The number of likely N-dealkylation sites (N-methyl/N-ethyl adjacent to an activating group) is 1. The quantitative estimate of drug-likeness (QED) is 0.850. The molecule has 1 aliphatic heterocycles. The molecule has 0 aliphatic carbocycles. The lowest BCUT2D eigenvalue weighted by Crippen LogP contribution is -2.50. The van der Waals surface area contributed by atoms with E-state index in [0.29, 0.717) is 6.54 Å². The van der Waals surface area contributed by atoms with Crippen molar-refractivity contribution in [2.24, 2.45) is 5.92 Å². The summed E-state index contributed by atoms with van der Waals surface area (Å²) in [6.45, 7) is 7.77. The van der Waals surface area contributed by atoms with E-state index < -0.39 is 0 Å². The Hall–Kier alpha value is -1.71. The average Bonchev–Trinajstić information content (AvgIpc) is 2.47. The molecule has 1 N–H and O–H groups in total. The second-order valence-electron chi connectivity index (χ2n) is 6.33. The normalized spacial score (nSPS) is 18.5. The molecular formula is C18H28N2O2. The third kappa shape index (κ3) is 3.73. The molecule has 4 nitrogen and oxygen atoms in total. The van der Waals surface area contributed by atoms with Crippen molar-refractivity contribution in [3.05, 3.63) is 23.8 Å². The molecule has 0 saturated heterocycles. The molecule has 0 bridgehead atoms. The van der Waals surface area contributed by atoms with Crippen LogP contribution < -0.4 is 15.0 Å². The Labute approximate surface area is 133 Å². The van der Waals surface area contributed by atoms with Crippen LogP contribution in [0, 0.1) is 5.92 Å². The molecule has 1 aliphatic rings. The van der Waals surface area contributed by atoms with Crippen molar-refractivity contribution < 1.29 is 9.53 Å². The second kappa shape index (κ2) is 7.52. The zero-order valence-corrected chi connectivity index (χ0v) is 14.2. The summed E-state index contributed by atoms with van der Waals surface area (Å²) in [5.41, 5.74) is 2.37. The van der Waals surface area contributed by atoms with Crippen molar-refractivity contribution in [2.45, 2.75) is 46.1 Å². The number of benzene rings is 1. The molecule has 4 heteroatoms. The van der Waals surface area contributed by atoms with E-state index >= 15 is 0 Å². The fourth-order valence-electron chi connectivity index (χ4n) is 3.01. The van der Waals surface area contributed by atoms with Gasteiger partial charge in [-0.3, -0.25) is 4.79 Å². The first-order valence-electron chi connectivity index (χ1n) is 8.30. The van der Waals surface area contributed by atoms with Crippen LogP contribution in [0.2, 0.25) is 0 Å². The Morgan fingerprint density at radius 2 is 2.18 bits per heavy atom. The van der Waals surface area contributed by atoms with E-state index in [1.807, 2.05) is 13.1 Å². The Morgan fingerprint density at radius 1 is 1.41 bits per heavy atom. The van der Waals surface area contributed by atoms with E-state index in [-0.39, 0.29) is 17.9 Å². The first-order chi connectivity index (χ1) is 10.5. The Kier molecular flexibility index (Phi) is 5.69. The summed E-state index contributed by atoms with van der Waals surface area (Å²) in [6, 6.07) is 6.10. The Balaban J connectivity index is 2.29. The predicted octanol–water partition coefficient (Wildman–Crippen LogP) is 3.00. The zero-order valence-electron chi connectivity index (χ0n) is 14.2. The van der Waals surface area contributed by atoms with Gasteiger partial charge < -0.3 is 15.0 Å². The van der Waals surface area contributed by atoms with E-state index in [4.69, 9.17) is 4.74 Å². The maximum absolute atomic E-state index is 12.3. The minimum Gasteiger partial charge on any atom is -0.494 e. The van der Waals surface area contributed by atoms with Crippen molar-refractivity contribution in [2.75, 3.05) is 25.1 Å². The highest BCUT2D eigenvalue weighted by atomic mass is 16.5.